The maximum atomic E-state index is 12.7. The molecule has 152 valence electrons. The lowest BCUT2D eigenvalue weighted by molar-refractivity contribution is 0.0585. The van der Waals surface area contributed by atoms with Crippen molar-refractivity contribution in [1.82, 2.24) is 14.2 Å². The topological polar surface area (TPSA) is 62.7 Å². The molecular formula is C19H24ClN3O3S2. The molecule has 4 rings (SSSR count). The Balaban J connectivity index is 1.27. The monoisotopic (exact) mass is 441 g/mol. The van der Waals surface area contributed by atoms with Gasteiger partial charge in [0.05, 0.1) is 4.34 Å². The van der Waals surface area contributed by atoms with E-state index in [2.05, 4.69) is 9.88 Å². The van der Waals surface area contributed by atoms with Crippen LogP contribution in [0, 0.1) is 0 Å². The van der Waals surface area contributed by atoms with E-state index in [4.69, 9.17) is 16.3 Å². The molecule has 0 unspecified atom stereocenters. The van der Waals surface area contributed by atoms with Crippen LogP contribution >= 0.6 is 22.9 Å². The first-order valence-electron chi connectivity index (χ1n) is 9.58. The summed E-state index contributed by atoms with van der Waals surface area (Å²) in [6.07, 6.45) is 7.46. The SMILES string of the molecule is O=S(=O)(c1ccc(Cl)s1)N1CCC(N2CCC(Oc3ccncc3)CC2)CC1. The fraction of sp³-hybridized carbons (Fsp3) is 0.526. The van der Waals surface area contributed by atoms with E-state index in [1.807, 2.05) is 12.1 Å². The van der Waals surface area contributed by atoms with Crippen molar-refractivity contribution in [2.75, 3.05) is 26.2 Å². The lowest BCUT2D eigenvalue weighted by Crippen LogP contribution is -2.50. The second-order valence-corrected chi connectivity index (χ2v) is 11.1. The standard InChI is InChI=1S/C19H24ClN3O3S2/c20-18-1-2-19(27-18)28(24,25)23-13-5-15(6-14-23)22-11-7-17(8-12-22)26-16-3-9-21-10-4-16/h1-4,9-10,15,17H,5-8,11-14H2. The average Bonchev–Trinajstić information content (AvgIpc) is 3.17. The van der Waals surface area contributed by atoms with Gasteiger partial charge in [0.15, 0.2) is 0 Å². The van der Waals surface area contributed by atoms with Crippen LogP contribution in [0.4, 0.5) is 0 Å². The molecule has 0 radical (unpaired) electrons. The molecular weight excluding hydrogens is 418 g/mol. The smallest absolute Gasteiger partial charge is 0.252 e. The molecule has 0 spiro atoms. The molecule has 4 heterocycles. The molecule has 2 fully saturated rings. The molecule has 0 amide bonds. The first kappa shape index (κ1) is 20.1. The highest BCUT2D eigenvalue weighted by atomic mass is 35.5. The van der Waals surface area contributed by atoms with Gasteiger partial charge in [0, 0.05) is 44.6 Å². The molecule has 6 nitrogen and oxygen atoms in total. The highest BCUT2D eigenvalue weighted by Crippen LogP contribution is 2.31. The molecule has 0 aromatic carbocycles. The van der Waals surface area contributed by atoms with Crippen molar-refractivity contribution in [2.24, 2.45) is 0 Å². The van der Waals surface area contributed by atoms with Gasteiger partial charge >= 0.3 is 0 Å². The maximum Gasteiger partial charge on any atom is 0.252 e. The van der Waals surface area contributed by atoms with Crippen LogP contribution in [0.3, 0.4) is 0 Å². The van der Waals surface area contributed by atoms with Crippen molar-refractivity contribution < 1.29 is 13.2 Å². The summed E-state index contributed by atoms with van der Waals surface area (Å²) >= 11 is 7.03. The summed E-state index contributed by atoms with van der Waals surface area (Å²) in [5, 5.41) is 0. The van der Waals surface area contributed by atoms with Crippen LogP contribution in [0.15, 0.2) is 40.9 Å². The number of nitrogens with zero attached hydrogens (tertiary/aromatic N) is 3. The summed E-state index contributed by atoms with van der Waals surface area (Å²) in [6, 6.07) is 7.47. The number of rotatable bonds is 5. The van der Waals surface area contributed by atoms with Crippen LogP contribution in [0.2, 0.25) is 4.34 Å². The van der Waals surface area contributed by atoms with Gasteiger partial charge in [0.1, 0.15) is 16.1 Å². The number of likely N-dealkylation sites (tertiary alicyclic amines) is 1. The van der Waals surface area contributed by atoms with Gasteiger partial charge < -0.3 is 9.64 Å². The lowest BCUT2D eigenvalue weighted by atomic mass is 10.00. The summed E-state index contributed by atoms with van der Waals surface area (Å²) < 4.78 is 34.0. The predicted molar refractivity (Wildman–Crippen MR) is 111 cm³/mol. The Morgan fingerprint density at radius 1 is 1.00 bits per heavy atom. The third-order valence-corrected chi connectivity index (χ3v) is 9.11. The molecule has 2 aromatic heterocycles. The largest absolute Gasteiger partial charge is 0.490 e. The average molecular weight is 442 g/mol. The number of thiophene rings is 1. The predicted octanol–water partition coefficient (Wildman–Crippen LogP) is 3.49. The van der Waals surface area contributed by atoms with Crippen LogP contribution in [0.5, 0.6) is 5.75 Å². The van der Waals surface area contributed by atoms with Gasteiger partial charge in [-0.25, -0.2) is 8.42 Å². The Bertz CT molecular complexity index is 875. The molecule has 0 aliphatic carbocycles. The van der Waals surface area contributed by atoms with Crippen molar-refractivity contribution in [3.05, 3.63) is 41.0 Å². The zero-order valence-corrected chi connectivity index (χ0v) is 17.9. The number of hydrogen-bond acceptors (Lipinski definition) is 6. The lowest BCUT2D eigenvalue weighted by Gasteiger charge is -2.41. The molecule has 2 aromatic rings. The molecule has 9 heteroatoms. The minimum Gasteiger partial charge on any atom is -0.490 e. The van der Waals surface area contributed by atoms with Gasteiger partial charge in [-0.2, -0.15) is 4.31 Å². The Morgan fingerprint density at radius 3 is 2.29 bits per heavy atom. The molecule has 2 saturated heterocycles. The van der Waals surface area contributed by atoms with Crippen LogP contribution in [0.25, 0.3) is 0 Å². The highest BCUT2D eigenvalue weighted by molar-refractivity contribution is 7.91. The Morgan fingerprint density at radius 2 is 1.68 bits per heavy atom. The number of ether oxygens (including phenoxy) is 1. The van der Waals surface area contributed by atoms with Gasteiger partial charge in [0.2, 0.25) is 0 Å². The van der Waals surface area contributed by atoms with E-state index in [0.717, 1.165) is 55.9 Å². The Kier molecular flexibility index (Phi) is 6.22. The van der Waals surface area contributed by atoms with Crippen molar-refractivity contribution in [3.63, 3.8) is 0 Å². The molecule has 0 atom stereocenters. The fourth-order valence-electron chi connectivity index (χ4n) is 3.98. The molecule has 0 N–H and O–H groups in total. The minimum absolute atomic E-state index is 0.239. The van der Waals surface area contributed by atoms with E-state index in [1.54, 1.807) is 28.8 Å². The van der Waals surface area contributed by atoms with E-state index in [9.17, 15) is 8.42 Å². The Hall–Kier alpha value is -1.19. The normalized spacial score (nSPS) is 21.0. The van der Waals surface area contributed by atoms with E-state index < -0.39 is 10.0 Å². The third-order valence-electron chi connectivity index (χ3n) is 5.51. The second-order valence-electron chi connectivity index (χ2n) is 7.23. The number of halogens is 1. The maximum absolute atomic E-state index is 12.7. The van der Waals surface area contributed by atoms with E-state index in [1.165, 1.54) is 0 Å². The van der Waals surface area contributed by atoms with E-state index >= 15 is 0 Å². The number of sulfonamides is 1. The highest BCUT2D eigenvalue weighted by Gasteiger charge is 2.34. The zero-order chi connectivity index (χ0) is 19.6. The Labute approximate surface area is 175 Å². The molecule has 0 saturated carbocycles. The molecule has 28 heavy (non-hydrogen) atoms. The second kappa shape index (κ2) is 8.67. The number of pyridine rings is 1. The van der Waals surface area contributed by atoms with Gasteiger partial charge in [-0.3, -0.25) is 4.98 Å². The van der Waals surface area contributed by atoms with Gasteiger partial charge in [-0.05, 0) is 49.9 Å². The van der Waals surface area contributed by atoms with Crippen molar-refractivity contribution >= 4 is 33.0 Å². The van der Waals surface area contributed by atoms with Crippen LogP contribution in [-0.4, -0.2) is 60.9 Å². The summed E-state index contributed by atoms with van der Waals surface area (Å²) in [6.45, 7) is 3.12. The third kappa shape index (κ3) is 4.52. The van der Waals surface area contributed by atoms with E-state index in [-0.39, 0.29) is 6.10 Å². The van der Waals surface area contributed by atoms with E-state index in [0.29, 0.717) is 27.7 Å². The quantitative estimate of drug-likeness (QED) is 0.710. The van der Waals surface area contributed by atoms with Crippen LogP contribution in [0.1, 0.15) is 25.7 Å². The number of hydrogen-bond donors (Lipinski definition) is 0. The summed E-state index contributed by atoms with van der Waals surface area (Å²) in [4.78, 5) is 6.51. The fourth-order valence-corrected chi connectivity index (χ4v) is 7.09. The first-order chi connectivity index (χ1) is 13.5. The van der Waals surface area contributed by atoms with Crippen LogP contribution in [-0.2, 0) is 10.0 Å². The summed E-state index contributed by atoms with van der Waals surface area (Å²) in [7, 11) is -3.41. The first-order valence-corrected chi connectivity index (χ1v) is 12.2. The zero-order valence-electron chi connectivity index (χ0n) is 15.5. The number of piperidine rings is 2. The van der Waals surface area contributed by atoms with Crippen LogP contribution < -0.4 is 4.74 Å². The van der Waals surface area contributed by atoms with Crippen molar-refractivity contribution in [3.8, 4) is 5.75 Å². The summed E-state index contributed by atoms with van der Waals surface area (Å²) in [5.74, 6) is 0.876. The van der Waals surface area contributed by atoms with Gasteiger partial charge in [-0.15, -0.1) is 11.3 Å². The summed E-state index contributed by atoms with van der Waals surface area (Å²) in [5.41, 5.74) is 0. The van der Waals surface area contributed by atoms with Crippen molar-refractivity contribution in [2.45, 2.75) is 42.0 Å². The molecule has 2 aliphatic heterocycles. The number of aromatic nitrogens is 1. The minimum atomic E-state index is -3.41. The van der Waals surface area contributed by atoms with Crippen molar-refractivity contribution in [1.29, 1.82) is 0 Å². The molecule has 0 bridgehead atoms. The van der Waals surface area contributed by atoms with Gasteiger partial charge in [-0.1, -0.05) is 11.6 Å². The van der Waals surface area contributed by atoms with Gasteiger partial charge in [0.25, 0.3) is 10.0 Å². The molecule has 2 aliphatic rings.